The van der Waals surface area contributed by atoms with Gasteiger partial charge in [-0.1, -0.05) is 18.2 Å². The maximum absolute atomic E-state index is 5.35. The van der Waals surface area contributed by atoms with E-state index in [-0.39, 0.29) is 0 Å². The van der Waals surface area contributed by atoms with Crippen molar-refractivity contribution >= 4 is 0 Å². The fraction of sp³-hybridized carbons (Fsp3) is 0.600. The van der Waals surface area contributed by atoms with Gasteiger partial charge in [0.05, 0.1) is 20.3 Å². The van der Waals surface area contributed by atoms with Gasteiger partial charge in [-0.3, -0.25) is 4.90 Å². The predicted octanol–water partition coefficient (Wildman–Crippen LogP) is 1.16. The average Bonchev–Trinajstić information content (AvgIpc) is 2.48. The molecule has 1 saturated heterocycles. The minimum absolute atomic E-state index is 0.876. The highest BCUT2D eigenvalue weighted by molar-refractivity contribution is 5.33. The average molecular weight is 264 g/mol. The van der Waals surface area contributed by atoms with Crippen molar-refractivity contribution in [2.45, 2.75) is 6.42 Å². The number of rotatable bonds is 7. The van der Waals surface area contributed by atoms with Crippen molar-refractivity contribution in [2.24, 2.45) is 0 Å². The molecule has 2 rings (SSSR count). The lowest BCUT2D eigenvalue weighted by atomic mass is 10.1. The number of ether oxygens (including phenoxy) is 2. The highest BCUT2D eigenvalue weighted by atomic mass is 16.5. The zero-order chi connectivity index (χ0) is 13.3. The molecule has 1 heterocycles. The topological polar surface area (TPSA) is 33.7 Å². The van der Waals surface area contributed by atoms with Gasteiger partial charge in [0, 0.05) is 26.2 Å². The van der Waals surface area contributed by atoms with Gasteiger partial charge in [0.25, 0.3) is 0 Å². The third-order valence-corrected chi connectivity index (χ3v) is 3.47. The van der Waals surface area contributed by atoms with E-state index in [4.69, 9.17) is 9.47 Å². The van der Waals surface area contributed by atoms with Gasteiger partial charge in [0.1, 0.15) is 5.75 Å². The highest BCUT2D eigenvalue weighted by Gasteiger charge is 2.08. The maximum Gasteiger partial charge on any atom is 0.122 e. The molecule has 106 valence electrons. The molecule has 4 heteroatoms. The van der Waals surface area contributed by atoms with Gasteiger partial charge in [-0.05, 0) is 24.6 Å². The van der Waals surface area contributed by atoms with E-state index in [2.05, 4.69) is 22.3 Å². The molecule has 0 atom stereocenters. The van der Waals surface area contributed by atoms with Crippen LogP contribution in [0.2, 0.25) is 0 Å². The molecule has 1 N–H and O–H groups in total. The van der Waals surface area contributed by atoms with Gasteiger partial charge < -0.3 is 14.8 Å². The summed E-state index contributed by atoms with van der Waals surface area (Å²) in [5.41, 5.74) is 1.27. The molecule has 0 amide bonds. The number of morpholine rings is 1. The largest absolute Gasteiger partial charge is 0.496 e. The molecule has 0 saturated carbocycles. The van der Waals surface area contributed by atoms with Gasteiger partial charge >= 0.3 is 0 Å². The van der Waals surface area contributed by atoms with Crippen LogP contribution in [0.3, 0.4) is 0 Å². The minimum atomic E-state index is 0.876. The summed E-state index contributed by atoms with van der Waals surface area (Å²) in [6.45, 7) is 7.01. The Kier molecular flexibility index (Phi) is 6.14. The number of methoxy groups -OCH3 is 1. The summed E-state index contributed by atoms with van der Waals surface area (Å²) in [6, 6.07) is 8.21. The summed E-state index contributed by atoms with van der Waals surface area (Å²) in [5.74, 6) is 0.984. The molecule has 1 fully saturated rings. The Bertz CT molecular complexity index is 365. The first-order valence-corrected chi connectivity index (χ1v) is 7.03. The standard InChI is InChI=1S/C15H24N2O2/c1-18-15-5-3-2-4-14(15)6-7-16-8-9-17-10-12-19-13-11-17/h2-5,16H,6-13H2,1H3. The Hall–Kier alpha value is -1.10. The van der Waals surface area contributed by atoms with Crippen molar-refractivity contribution < 1.29 is 9.47 Å². The molecule has 0 unspecified atom stereocenters. The lowest BCUT2D eigenvalue weighted by Crippen LogP contribution is -2.40. The zero-order valence-corrected chi connectivity index (χ0v) is 11.7. The summed E-state index contributed by atoms with van der Waals surface area (Å²) in [4.78, 5) is 2.44. The quantitative estimate of drug-likeness (QED) is 0.749. The van der Waals surface area contributed by atoms with Crippen LogP contribution >= 0.6 is 0 Å². The van der Waals surface area contributed by atoms with Crippen LogP contribution < -0.4 is 10.1 Å². The molecule has 0 aliphatic carbocycles. The Labute approximate surface area is 115 Å². The second-order valence-corrected chi connectivity index (χ2v) is 4.77. The van der Waals surface area contributed by atoms with Crippen LogP contribution in [0.15, 0.2) is 24.3 Å². The van der Waals surface area contributed by atoms with E-state index in [1.807, 2.05) is 12.1 Å². The second-order valence-electron chi connectivity index (χ2n) is 4.77. The van der Waals surface area contributed by atoms with Gasteiger partial charge in [0.2, 0.25) is 0 Å². The van der Waals surface area contributed by atoms with Gasteiger partial charge in [0.15, 0.2) is 0 Å². The molecule has 1 aliphatic heterocycles. The Balaban J connectivity index is 1.61. The van der Waals surface area contributed by atoms with E-state index in [0.717, 1.165) is 58.1 Å². The molecule has 1 aromatic rings. The summed E-state index contributed by atoms with van der Waals surface area (Å²) < 4.78 is 10.7. The minimum Gasteiger partial charge on any atom is -0.496 e. The van der Waals surface area contributed by atoms with E-state index in [9.17, 15) is 0 Å². The second kappa shape index (κ2) is 8.15. The molecule has 19 heavy (non-hydrogen) atoms. The Morgan fingerprint density at radius 1 is 1.21 bits per heavy atom. The number of hydrogen-bond donors (Lipinski definition) is 1. The highest BCUT2D eigenvalue weighted by Crippen LogP contribution is 2.17. The van der Waals surface area contributed by atoms with E-state index in [1.165, 1.54) is 5.56 Å². The number of nitrogens with zero attached hydrogens (tertiary/aromatic N) is 1. The number of para-hydroxylation sites is 1. The van der Waals surface area contributed by atoms with Crippen LogP contribution in [0, 0.1) is 0 Å². The normalized spacial score (nSPS) is 16.5. The molecule has 1 aromatic carbocycles. The maximum atomic E-state index is 5.35. The molecule has 0 bridgehead atoms. The molecule has 1 aliphatic rings. The van der Waals surface area contributed by atoms with E-state index >= 15 is 0 Å². The number of hydrogen-bond acceptors (Lipinski definition) is 4. The van der Waals surface area contributed by atoms with Crippen LogP contribution in [0.5, 0.6) is 5.75 Å². The predicted molar refractivity (Wildman–Crippen MR) is 76.8 cm³/mol. The van der Waals surface area contributed by atoms with Crippen LogP contribution in [0.25, 0.3) is 0 Å². The number of nitrogens with one attached hydrogen (secondary N) is 1. The van der Waals surface area contributed by atoms with Crippen molar-refractivity contribution in [2.75, 3.05) is 53.0 Å². The molecule has 0 aromatic heterocycles. The summed E-state index contributed by atoms with van der Waals surface area (Å²) >= 11 is 0. The van der Waals surface area contributed by atoms with Crippen LogP contribution in [-0.2, 0) is 11.2 Å². The smallest absolute Gasteiger partial charge is 0.122 e. The molecular formula is C15H24N2O2. The van der Waals surface area contributed by atoms with Crippen LogP contribution in [-0.4, -0.2) is 57.9 Å². The molecule has 0 radical (unpaired) electrons. The summed E-state index contributed by atoms with van der Waals surface area (Å²) in [6.07, 6.45) is 1.01. The van der Waals surface area contributed by atoms with Crippen LogP contribution in [0.4, 0.5) is 0 Å². The van der Waals surface area contributed by atoms with Crippen molar-refractivity contribution in [3.05, 3.63) is 29.8 Å². The lowest BCUT2D eigenvalue weighted by molar-refractivity contribution is 0.0385. The number of benzene rings is 1. The van der Waals surface area contributed by atoms with Crippen molar-refractivity contribution in [3.63, 3.8) is 0 Å². The third-order valence-electron chi connectivity index (χ3n) is 3.47. The fourth-order valence-electron chi connectivity index (χ4n) is 2.32. The van der Waals surface area contributed by atoms with Crippen molar-refractivity contribution in [3.8, 4) is 5.75 Å². The zero-order valence-electron chi connectivity index (χ0n) is 11.7. The van der Waals surface area contributed by atoms with E-state index < -0.39 is 0 Å². The first kappa shape index (κ1) is 14.3. The lowest BCUT2D eigenvalue weighted by Gasteiger charge is -2.26. The van der Waals surface area contributed by atoms with E-state index in [0.29, 0.717) is 0 Å². The Morgan fingerprint density at radius 2 is 2.00 bits per heavy atom. The van der Waals surface area contributed by atoms with E-state index in [1.54, 1.807) is 7.11 Å². The fourth-order valence-corrected chi connectivity index (χ4v) is 2.32. The van der Waals surface area contributed by atoms with Crippen molar-refractivity contribution in [1.29, 1.82) is 0 Å². The summed E-state index contributed by atoms with van der Waals surface area (Å²) in [7, 11) is 1.73. The SMILES string of the molecule is COc1ccccc1CCNCCN1CCOCC1. The van der Waals surface area contributed by atoms with Gasteiger partial charge in [-0.15, -0.1) is 0 Å². The Morgan fingerprint density at radius 3 is 2.79 bits per heavy atom. The van der Waals surface area contributed by atoms with Crippen molar-refractivity contribution in [1.82, 2.24) is 10.2 Å². The third kappa shape index (κ3) is 4.82. The monoisotopic (exact) mass is 264 g/mol. The van der Waals surface area contributed by atoms with Gasteiger partial charge in [-0.2, -0.15) is 0 Å². The van der Waals surface area contributed by atoms with Crippen LogP contribution in [0.1, 0.15) is 5.56 Å². The van der Waals surface area contributed by atoms with Gasteiger partial charge in [-0.25, -0.2) is 0 Å². The first-order chi connectivity index (χ1) is 9.40. The molecular weight excluding hydrogens is 240 g/mol. The molecule has 4 nitrogen and oxygen atoms in total. The summed E-state index contributed by atoms with van der Waals surface area (Å²) in [5, 5.41) is 3.49. The first-order valence-electron chi connectivity index (χ1n) is 7.03. The molecule has 0 spiro atoms.